The summed E-state index contributed by atoms with van der Waals surface area (Å²) in [6.45, 7) is 10.6. The van der Waals surface area contributed by atoms with E-state index < -0.39 is 0 Å². The predicted octanol–water partition coefficient (Wildman–Crippen LogP) is 4.02. The molecule has 0 saturated heterocycles. The maximum Gasteiger partial charge on any atom is 0.00201 e. The molecule has 0 heterocycles. The van der Waals surface area contributed by atoms with Crippen molar-refractivity contribution < 1.29 is 0 Å². The Kier molecular flexibility index (Phi) is 6.95. The Balaban J connectivity index is 2.52. The van der Waals surface area contributed by atoms with Crippen molar-refractivity contribution in [2.45, 2.75) is 39.0 Å². The summed E-state index contributed by atoms with van der Waals surface area (Å²) in [5.74, 6) is 1.43. The summed E-state index contributed by atoms with van der Waals surface area (Å²) in [5.41, 5.74) is 1.46. The minimum Gasteiger partial charge on any atom is -0.316 e. The lowest BCUT2D eigenvalue weighted by Crippen LogP contribution is -2.22. The summed E-state index contributed by atoms with van der Waals surface area (Å²) in [4.78, 5) is 0. The summed E-state index contributed by atoms with van der Waals surface area (Å²) in [6.07, 6.45) is 3.53. The largest absolute Gasteiger partial charge is 0.316 e. The van der Waals surface area contributed by atoms with Gasteiger partial charge in [-0.1, -0.05) is 57.5 Å². The van der Waals surface area contributed by atoms with Gasteiger partial charge in [0.1, 0.15) is 0 Å². The quantitative estimate of drug-likeness (QED) is 0.668. The third kappa shape index (κ3) is 5.88. The second-order valence-electron chi connectivity index (χ2n) is 5.14. The third-order valence-electron chi connectivity index (χ3n) is 3.11. The van der Waals surface area contributed by atoms with Crippen LogP contribution in [0, 0.1) is 12.8 Å². The highest BCUT2D eigenvalue weighted by atomic mass is 14.8. The molecule has 1 nitrogen and oxygen atoms in total. The minimum absolute atomic E-state index is 0.644. The Labute approximate surface area is 107 Å². The van der Waals surface area contributed by atoms with Crippen molar-refractivity contribution in [2.24, 2.45) is 5.92 Å². The lowest BCUT2D eigenvalue weighted by atomic mass is 9.91. The van der Waals surface area contributed by atoms with E-state index in [1.54, 1.807) is 0 Å². The molecule has 1 aromatic rings. The number of benzene rings is 1. The van der Waals surface area contributed by atoms with Crippen LogP contribution < -0.4 is 5.32 Å². The molecule has 1 unspecified atom stereocenters. The molecule has 1 N–H and O–H groups in total. The van der Waals surface area contributed by atoms with E-state index in [4.69, 9.17) is 0 Å². The molecule has 95 valence electrons. The van der Waals surface area contributed by atoms with Crippen molar-refractivity contribution in [3.63, 3.8) is 0 Å². The van der Waals surface area contributed by atoms with Crippen LogP contribution in [0.5, 0.6) is 0 Å². The Bertz CT molecular complexity index is 279. The molecule has 1 aromatic carbocycles. The zero-order valence-electron chi connectivity index (χ0n) is 11.3. The first-order chi connectivity index (χ1) is 8.24. The predicted molar refractivity (Wildman–Crippen MR) is 76.1 cm³/mol. The molecule has 1 radical (unpaired) electrons. The van der Waals surface area contributed by atoms with Crippen LogP contribution in [0.4, 0.5) is 0 Å². The van der Waals surface area contributed by atoms with E-state index in [0.717, 1.165) is 25.4 Å². The third-order valence-corrected chi connectivity index (χ3v) is 3.11. The number of rotatable bonds is 8. The molecule has 0 saturated carbocycles. The van der Waals surface area contributed by atoms with Gasteiger partial charge in [-0.2, -0.15) is 0 Å². The van der Waals surface area contributed by atoms with E-state index in [1.165, 1.54) is 18.4 Å². The van der Waals surface area contributed by atoms with Crippen LogP contribution in [-0.2, 0) is 0 Å². The van der Waals surface area contributed by atoms with Gasteiger partial charge in [-0.15, -0.1) is 0 Å². The van der Waals surface area contributed by atoms with Gasteiger partial charge in [0.25, 0.3) is 0 Å². The first-order valence-electron chi connectivity index (χ1n) is 6.79. The van der Waals surface area contributed by atoms with E-state index in [-0.39, 0.29) is 0 Å². The molecule has 0 bridgehead atoms. The molecule has 1 rings (SSSR count). The Morgan fingerprint density at radius 2 is 1.82 bits per heavy atom. The zero-order chi connectivity index (χ0) is 12.5. The molecular weight excluding hydrogens is 206 g/mol. The molecule has 0 aromatic heterocycles. The van der Waals surface area contributed by atoms with Gasteiger partial charge >= 0.3 is 0 Å². The lowest BCUT2D eigenvalue weighted by Gasteiger charge is -2.19. The summed E-state index contributed by atoms with van der Waals surface area (Å²) in [7, 11) is 0. The van der Waals surface area contributed by atoms with Crippen LogP contribution >= 0.6 is 0 Å². The highest BCUT2D eigenvalue weighted by molar-refractivity contribution is 5.19. The lowest BCUT2D eigenvalue weighted by molar-refractivity contribution is 0.477. The summed E-state index contributed by atoms with van der Waals surface area (Å²) < 4.78 is 0. The highest BCUT2D eigenvalue weighted by Gasteiger charge is 2.11. The number of hydrogen-bond donors (Lipinski definition) is 1. The van der Waals surface area contributed by atoms with Crippen molar-refractivity contribution in [2.75, 3.05) is 13.1 Å². The van der Waals surface area contributed by atoms with E-state index in [9.17, 15) is 0 Å². The minimum atomic E-state index is 0.644. The molecule has 17 heavy (non-hydrogen) atoms. The maximum absolute atomic E-state index is 3.87. The average Bonchev–Trinajstić information content (AvgIpc) is 2.34. The molecule has 0 aliphatic carbocycles. The fourth-order valence-corrected chi connectivity index (χ4v) is 2.05. The van der Waals surface area contributed by atoms with Crippen molar-refractivity contribution in [3.8, 4) is 0 Å². The smallest absolute Gasteiger partial charge is 0.00201 e. The van der Waals surface area contributed by atoms with Gasteiger partial charge in [-0.05, 0) is 36.8 Å². The Morgan fingerprint density at radius 1 is 1.12 bits per heavy atom. The molecular formula is C16H26N. The van der Waals surface area contributed by atoms with Gasteiger partial charge in [-0.3, -0.25) is 0 Å². The van der Waals surface area contributed by atoms with E-state index in [0.29, 0.717) is 5.92 Å². The zero-order valence-corrected chi connectivity index (χ0v) is 11.3. The van der Waals surface area contributed by atoms with Gasteiger partial charge in [0.15, 0.2) is 0 Å². The molecule has 1 atom stereocenters. The van der Waals surface area contributed by atoms with Crippen LogP contribution in [0.25, 0.3) is 0 Å². The maximum atomic E-state index is 3.87. The number of nitrogens with one attached hydrogen (secondary N) is 1. The summed E-state index contributed by atoms with van der Waals surface area (Å²) >= 11 is 0. The Hall–Kier alpha value is -0.820. The van der Waals surface area contributed by atoms with Gasteiger partial charge in [0, 0.05) is 6.54 Å². The van der Waals surface area contributed by atoms with E-state index in [1.807, 2.05) is 0 Å². The van der Waals surface area contributed by atoms with Crippen molar-refractivity contribution in [3.05, 3.63) is 42.8 Å². The average molecular weight is 232 g/mol. The normalized spacial score (nSPS) is 12.9. The van der Waals surface area contributed by atoms with Gasteiger partial charge in [0.05, 0.1) is 0 Å². The molecule has 0 aliphatic rings. The second-order valence-corrected chi connectivity index (χ2v) is 5.14. The van der Waals surface area contributed by atoms with Crippen LogP contribution in [0.2, 0.25) is 0 Å². The molecule has 0 aliphatic heterocycles. The SMILES string of the molecule is [CH2]CCNCC(CCC(C)C)c1ccccc1. The van der Waals surface area contributed by atoms with Crippen LogP contribution in [0.3, 0.4) is 0 Å². The topological polar surface area (TPSA) is 12.0 Å². The first kappa shape index (κ1) is 14.2. The van der Waals surface area contributed by atoms with Gasteiger partial charge in [0.2, 0.25) is 0 Å². The highest BCUT2D eigenvalue weighted by Crippen LogP contribution is 2.22. The second kappa shape index (κ2) is 8.30. The van der Waals surface area contributed by atoms with Gasteiger partial charge in [-0.25, -0.2) is 0 Å². The molecule has 1 heteroatoms. The van der Waals surface area contributed by atoms with Crippen molar-refractivity contribution in [1.29, 1.82) is 0 Å². The fraction of sp³-hybridized carbons (Fsp3) is 0.562. The van der Waals surface area contributed by atoms with Crippen molar-refractivity contribution >= 4 is 0 Å². The van der Waals surface area contributed by atoms with Crippen LogP contribution in [0.1, 0.15) is 44.6 Å². The van der Waals surface area contributed by atoms with Gasteiger partial charge < -0.3 is 5.32 Å². The van der Waals surface area contributed by atoms with Crippen LogP contribution in [-0.4, -0.2) is 13.1 Å². The van der Waals surface area contributed by atoms with E-state index in [2.05, 4.69) is 56.4 Å². The van der Waals surface area contributed by atoms with Crippen LogP contribution in [0.15, 0.2) is 30.3 Å². The first-order valence-corrected chi connectivity index (χ1v) is 6.79. The van der Waals surface area contributed by atoms with Crippen molar-refractivity contribution in [1.82, 2.24) is 5.32 Å². The summed E-state index contributed by atoms with van der Waals surface area (Å²) in [5, 5.41) is 3.49. The monoisotopic (exact) mass is 232 g/mol. The standard InChI is InChI=1S/C16H26N/c1-4-12-17-13-16(11-10-14(2)3)15-8-6-5-7-9-15/h5-9,14,16-17H,1,4,10-13H2,2-3H3. The fourth-order valence-electron chi connectivity index (χ4n) is 2.05. The molecule has 0 spiro atoms. The Morgan fingerprint density at radius 3 is 2.41 bits per heavy atom. The van der Waals surface area contributed by atoms with E-state index >= 15 is 0 Å². The summed E-state index contributed by atoms with van der Waals surface area (Å²) in [6, 6.07) is 10.9. The molecule has 0 amide bonds. The number of hydrogen-bond acceptors (Lipinski definition) is 1. The molecule has 0 fully saturated rings.